The lowest BCUT2D eigenvalue weighted by molar-refractivity contribution is -0.870. The Morgan fingerprint density at radius 1 is 0.700 bits per heavy atom. The van der Waals surface area contributed by atoms with Gasteiger partial charge in [-0.25, -0.2) is 0 Å². The normalized spacial score (nSPS) is 24.2. The van der Waals surface area contributed by atoms with Gasteiger partial charge >= 0.3 is 17.9 Å². The van der Waals surface area contributed by atoms with Crippen LogP contribution in [0.15, 0.2) is 0 Å². The van der Waals surface area contributed by atoms with Crippen molar-refractivity contribution in [1.29, 1.82) is 0 Å². The van der Waals surface area contributed by atoms with E-state index in [0.717, 1.165) is 75.4 Å². The molecule has 418 valence electrons. The van der Waals surface area contributed by atoms with Crippen LogP contribution in [-0.2, 0) is 38.1 Å². The molecule has 0 spiro atoms. The summed E-state index contributed by atoms with van der Waals surface area (Å²) in [6, 6.07) is 0.0370. The quantitative estimate of drug-likeness (QED) is 0.0724. The van der Waals surface area contributed by atoms with Crippen LogP contribution in [0.2, 0.25) is 0 Å². The predicted octanol–water partition coefficient (Wildman–Crippen LogP) is 6.89. The first kappa shape index (κ1) is 70.8. The number of carbonyl (C=O) groups excluding carboxylic acids is 3. The van der Waals surface area contributed by atoms with Gasteiger partial charge in [-0.3, -0.25) is 24.2 Å². The number of methoxy groups -OCH3 is 1. The van der Waals surface area contributed by atoms with Gasteiger partial charge in [-0.1, -0.05) is 48.5 Å². The van der Waals surface area contributed by atoms with Crippen molar-refractivity contribution in [1.82, 2.24) is 29.4 Å². The SMILES string of the molecule is CC(=O)OCC1OC(S)C(OC(C)=O)C(C)C1C.CCCN(C)C.CCCN1CCCC1.CCCN1CCCC1C(=O)OC.CCCN1CCN(C)CC1.CCC[N+](C)(C)C.SCCN1CCOCC1. The van der Waals surface area contributed by atoms with E-state index in [1.165, 1.54) is 125 Å². The van der Waals surface area contributed by atoms with Crippen LogP contribution in [0.4, 0.5) is 0 Å². The molecule has 5 aliphatic heterocycles. The van der Waals surface area contributed by atoms with Crippen LogP contribution >= 0.6 is 25.3 Å². The number of ether oxygens (including phenoxy) is 5. The second-order valence-corrected chi connectivity index (χ2v) is 21.5. The smallest absolute Gasteiger partial charge is 0.323 e. The molecule has 0 bridgehead atoms. The van der Waals surface area contributed by atoms with Gasteiger partial charge in [-0.15, -0.1) is 12.6 Å². The largest absolute Gasteiger partial charge is 0.468 e. The van der Waals surface area contributed by atoms with Gasteiger partial charge in [0.15, 0.2) is 0 Å². The number of carbonyl (C=O) groups is 3. The molecule has 5 saturated heterocycles. The summed E-state index contributed by atoms with van der Waals surface area (Å²) in [7, 11) is 14.5. The number of hydrogen-bond donors (Lipinski definition) is 2. The molecule has 0 aliphatic carbocycles. The van der Waals surface area contributed by atoms with Crippen LogP contribution < -0.4 is 0 Å². The molecule has 6 atom stereocenters. The Labute approximate surface area is 442 Å². The second kappa shape index (κ2) is 44.1. The molecule has 0 aromatic rings. The number of rotatable bonds is 16. The summed E-state index contributed by atoms with van der Waals surface area (Å²) in [6.45, 7) is 37.9. The molecule has 0 N–H and O–H groups in total. The zero-order chi connectivity index (χ0) is 53.5. The first-order valence-electron chi connectivity index (χ1n) is 27.1. The topological polar surface area (TPSA) is 117 Å². The molecule has 0 amide bonds. The van der Waals surface area contributed by atoms with E-state index < -0.39 is 5.44 Å². The fraction of sp³-hybridized carbons (Fsp3) is 0.943. The first-order chi connectivity index (χ1) is 33.1. The second-order valence-electron chi connectivity index (χ2n) is 20.6. The number of piperazine rings is 1. The fourth-order valence-electron chi connectivity index (χ4n) is 8.60. The fourth-order valence-corrected chi connectivity index (χ4v) is 9.38. The highest BCUT2D eigenvalue weighted by Gasteiger charge is 2.42. The third kappa shape index (κ3) is 37.5. The summed E-state index contributed by atoms with van der Waals surface area (Å²) in [6.07, 6.45) is 10.6. The highest BCUT2D eigenvalue weighted by atomic mass is 32.1. The minimum Gasteiger partial charge on any atom is -0.468 e. The Balaban J connectivity index is 0. The van der Waals surface area contributed by atoms with Crippen molar-refractivity contribution < 1.29 is 42.6 Å². The van der Waals surface area contributed by atoms with Crippen molar-refractivity contribution in [2.24, 2.45) is 11.8 Å². The zero-order valence-electron chi connectivity index (χ0n) is 48.1. The van der Waals surface area contributed by atoms with Gasteiger partial charge in [-0.05, 0) is 131 Å². The maximum Gasteiger partial charge on any atom is 0.323 e. The molecule has 15 nitrogen and oxygen atoms in total. The van der Waals surface area contributed by atoms with Gasteiger partial charge in [0.05, 0.1) is 54.1 Å². The van der Waals surface area contributed by atoms with Crippen LogP contribution in [0.5, 0.6) is 0 Å². The van der Waals surface area contributed by atoms with E-state index in [9.17, 15) is 14.4 Å². The van der Waals surface area contributed by atoms with E-state index in [0.29, 0.717) is 0 Å². The van der Waals surface area contributed by atoms with Gasteiger partial charge in [0.25, 0.3) is 0 Å². The minimum atomic E-state index is -0.499. The molecule has 70 heavy (non-hydrogen) atoms. The Morgan fingerprint density at radius 3 is 1.66 bits per heavy atom. The van der Waals surface area contributed by atoms with Crippen LogP contribution in [-0.4, -0.2) is 249 Å². The minimum absolute atomic E-state index is 0.0370. The van der Waals surface area contributed by atoms with Crippen molar-refractivity contribution in [3.63, 3.8) is 0 Å². The first-order valence-corrected chi connectivity index (χ1v) is 28.2. The molecule has 5 fully saturated rings. The summed E-state index contributed by atoms with van der Waals surface area (Å²) >= 11 is 8.44. The number of thiol groups is 2. The summed E-state index contributed by atoms with van der Waals surface area (Å²) in [4.78, 5) is 47.3. The Hall–Kier alpha value is -1.25. The molecule has 0 saturated carbocycles. The molecular formula is C53H112N7O8S2+. The van der Waals surface area contributed by atoms with Crippen molar-refractivity contribution in [3.8, 4) is 0 Å². The number of morpholine rings is 1. The molecular weight excluding hydrogens is 927 g/mol. The van der Waals surface area contributed by atoms with Crippen LogP contribution in [0.1, 0.15) is 120 Å². The van der Waals surface area contributed by atoms with Gasteiger partial charge in [0.1, 0.15) is 24.2 Å². The summed E-state index contributed by atoms with van der Waals surface area (Å²) in [5, 5.41) is 0. The maximum atomic E-state index is 11.2. The highest BCUT2D eigenvalue weighted by molar-refractivity contribution is 7.80. The van der Waals surface area contributed by atoms with Crippen LogP contribution in [0.25, 0.3) is 0 Å². The molecule has 5 heterocycles. The molecule has 0 aromatic heterocycles. The average Bonchev–Trinajstić information content (AvgIpc) is 4.01. The van der Waals surface area contributed by atoms with Crippen molar-refractivity contribution >= 4 is 43.2 Å². The molecule has 5 rings (SSSR count). The van der Waals surface area contributed by atoms with Gasteiger partial charge < -0.3 is 47.8 Å². The van der Waals surface area contributed by atoms with E-state index in [4.69, 9.17) is 23.7 Å². The maximum absolute atomic E-state index is 11.2. The van der Waals surface area contributed by atoms with E-state index in [1.807, 2.05) is 13.8 Å². The van der Waals surface area contributed by atoms with E-state index in [1.54, 1.807) is 0 Å². The molecule has 17 heteroatoms. The zero-order valence-corrected chi connectivity index (χ0v) is 49.8. The van der Waals surface area contributed by atoms with Crippen LogP contribution in [0, 0.1) is 11.8 Å². The number of esters is 3. The van der Waals surface area contributed by atoms with Crippen molar-refractivity contribution in [2.45, 2.75) is 144 Å². The third-order valence-corrected chi connectivity index (χ3v) is 13.2. The summed E-state index contributed by atoms with van der Waals surface area (Å²) in [5.41, 5.74) is -0.499. The van der Waals surface area contributed by atoms with Gasteiger partial charge in [0, 0.05) is 71.3 Å². The van der Waals surface area contributed by atoms with E-state index >= 15 is 0 Å². The number of nitrogens with zero attached hydrogens (tertiary/aromatic N) is 7. The van der Waals surface area contributed by atoms with E-state index in [2.05, 4.69) is 132 Å². The molecule has 6 unspecified atom stereocenters. The summed E-state index contributed by atoms with van der Waals surface area (Å²) < 4.78 is 26.8. The molecule has 5 aliphatic rings. The van der Waals surface area contributed by atoms with E-state index in [-0.39, 0.29) is 54.6 Å². The lowest BCUT2D eigenvalue weighted by Gasteiger charge is -2.42. The van der Waals surface area contributed by atoms with Gasteiger partial charge in [0.2, 0.25) is 0 Å². The lowest BCUT2D eigenvalue weighted by atomic mass is 9.84. The summed E-state index contributed by atoms with van der Waals surface area (Å²) in [5.74, 6) is 0.403. The third-order valence-electron chi connectivity index (χ3n) is 12.6. The Bertz CT molecular complexity index is 1250. The standard InChI is InChI=1S/C12H20O5S.C9H17NO2.C8H18N2.C7H15N.C6H13NOS.C6H16N.C5H13N/c1-6-7(2)11(16-9(4)14)12(18)17-10(6)5-15-8(3)13;1-3-6-10-7-4-5-8(10)9(11)12-2;1-3-4-10-7-5-9(2)6-8-10;1-2-5-8-6-3-4-7-8;9-6-3-7-1-4-8-5-2-7;1-5-6-7(2,3)4;1-4-5-6(2)3/h6-7,10-12,18H,5H2,1-4H3;8H,3-7H2,1-2H3;3-8H2,1-2H3;2-7H2,1H3;9H,1-6H2;5-6H2,1-4H3;4-5H2,1-3H3/q;;;;;+1;. The number of quaternary nitrogens is 1. The Kier molecular flexibility index (Phi) is 44.6. The number of likely N-dealkylation sites (N-methyl/N-ethyl adjacent to an activating group) is 1. The van der Waals surface area contributed by atoms with Gasteiger partial charge in [-0.2, -0.15) is 12.6 Å². The number of hydrogen-bond acceptors (Lipinski definition) is 16. The predicted molar refractivity (Wildman–Crippen MR) is 298 cm³/mol. The molecule has 0 aromatic carbocycles. The lowest BCUT2D eigenvalue weighted by Crippen LogP contribution is -2.50. The molecule has 0 radical (unpaired) electrons. The van der Waals surface area contributed by atoms with Crippen molar-refractivity contribution in [2.75, 3.05) is 173 Å². The van der Waals surface area contributed by atoms with Crippen molar-refractivity contribution in [3.05, 3.63) is 0 Å². The monoisotopic (exact) mass is 1040 g/mol. The number of likely N-dealkylation sites (tertiary alicyclic amines) is 2. The highest BCUT2D eigenvalue weighted by Crippen LogP contribution is 2.34. The average molecular weight is 1040 g/mol. The van der Waals surface area contributed by atoms with Crippen LogP contribution in [0.3, 0.4) is 0 Å². The Morgan fingerprint density at radius 2 is 1.24 bits per heavy atom.